The lowest BCUT2D eigenvalue weighted by atomic mass is 10.3. The zero-order valence-electron chi connectivity index (χ0n) is 14.1. The van der Waals surface area contributed by atoms with Gasteiger partial charge in [0.15, 0.2) is 6.61 Å². The molecule has 0 unspecified atom stereocenters. The summed E-state index contributed by atoms with van der Waals surface area (Å²) in [5, 5.41) is 8.63. The van der Waals surface area contributed by atoms with Crippen LogP contribution in [0.1, 0.15) is 0 Å². The minimum absolute atomic E-state index is 0.0412. The summed E-state index contributed by atoms with van der Waals surface area (Å²) >= 11 is 4.98. The fraction of sp³-hybridized carbons (Fsp3) is 0.222. The molecule has 0 radical (unpaired) electrons. The Labute approximate surface area is 151 Å². The summed E-state index contributed by atoms with van der Waals surface area (Å²) in [7, 11) is 2.63. The van der Waals surface area contributed by atoms with Crippen molar-refractivity contribution in [3.63, 3.8) is 0 Å². The number of ether oxygens (including phenoxy) is 3. The standard InChI is InChI=1S/C9H10O3.C6H6O.C3H5ClO2/c1-11-9(10)7-12-8-5-3-2-4-6-8;7-6-4-2-1-3-5-6;1-6-3(5)2-4/h2-6H,7H2,1H3;1-5,7H;2H2,1H3. The maximum atomic E-state index is 10.6. The van der Waals surface area contributed by atoms with Crippen LogP contribution in [0.5, 0.6) is 11.5 Å². The van der Waals surface area contributed by atoms with Crippen LogP contribution in [0.4, 0.5) is 0 Å². The Balaban J connectivity index is 0.000000378. The van der Waals surface area contributed by atoms with E-state index in [1.54, 1.807) is 36.4 Å². The first-order chi connectivity index (χ1) is 12.0. The molecule has 7 heteroatoms. The number of rotatable bonds is 4. The lowest BCUT2D eigenvalue weighted by molar-refractivity contribution is -0.143. The smallest absolute Gasteiger partial charge is 0.343 e. The van der Waals surface area contributed by atoms with Gasteiger partial charge in [-0.25, -0.2) is 4.79 Å². The fourth-order valence-electron chi connectivity index (χ4n) is 1.20. The number of benzene rings is 2. The van der Waals surface area contributed by atoms with Gasteiger partial charge < -0.3 is 19.3 Å². The van der Waals surface area contributed by atoms with E-state index in [4.69, 9.17) is 21.4 Å². The van der Waals surface area contributed by atoms with Gasteiger partial charge in [0, 0.05) is 0 Å². The van der Waals surface area contributed by atoms with E-state index in [1.807, 2.05) is 24.3 Å². The van der Waals surface area contributed by atoms with Crippen LogP contribution in [0.25, 0.3) is 0 Å². The van der Waals surface area contributed by atoms with Crippen LogP contribution in [-0.2, 0) is 19.1 Å². The molecule has 0 saturated carbocycles. The number of aromatic hydroxyl groups is 1. The summed E-state index contributed by atoms with van der Waals surface area (Å²) in [4.78, 5) is 20.5. The van der Waals surface area contributed by atoms with Crippen molar-refractivity contribution in [3.05, 3.63) is 60.7 Å². The molecular weight excluding hydrogens is 348 g/mol. The monoisotopic (exact) mass is 368 g/mol. The molecule has 2 rings (SSSR count). The Kier molecular flexibility index (Phi) is 13.2. The maximum absolute atomic E-state index is 10.6. The van der Waals surface area contributed by atoms with E-state index in [9.17, 15) is 9.59 Å². The van der Waals surface area contributed by atoms with E-state index < -0.39 is 5.97 Å². The third-order valence-electron chi connectivity index (χ3n) is 2.42. The van der Waals surface area contributed by atoms with Gasteiger partial charge in [0.1, 0.15) is 17.4 Å². The van der Waals surface area contributed by atoms with Gasteiger partial charge in [-0.1, -0.05) is 36.4 Å². The Hall–Kier alpha value is -2.73. The highest BCUT2D eigenvalue weighted by molar-refractivity contribution is 6.26. The third-order valence-corrected chi connectivity index (χ3v) is 2.64. The number of methoxy groups -OCH3 is 2. The summed E-state index contributed by atoms with van der Waals surface area (Å²) in [5.41, 5.74) is 0. The van der Waals surface area contributed by atoms with Crippen molar-refractivity contribution in [2.24, 2.45) is 0 Å². The van der Waals surface area contributed by atoms with Crippen LogP contribution in [0.2, 0.25) is 0 Å². The molecule has 0 fully saturated rings. The first-order valence-electron chi connectivity index (χ1n) is 7.15. The van der Waals surface area contributed by atoms with Crippen LogP contribution < -0.4 is 4.74 Å². The molecule has 0 aliphatic rings. The zero-order valence-corrected chi connectivity index (χ0v) is 14.8. The second kappa shape index (κ2) is 14.8. The van der Waals surface area contributed by atoms with Crippen molar-refractivity contribution in [1.82, 2.24) is 0 Å². The molecule has 6 nitrogen and oxygen atoms in total. The average Bonchev–Trinajstić information content (AvgIpc) is 2.67. The second-order valence-corrected chi connectivity index (χ2v) is 4.49. The molecule has 0 aliphatic carbocycles. The quantitative estimate of drug-likeness (QED) is 0.659. The highest BCUT2D eigenvalue weighted by Crippen LogP contribution is 2.07. The largest absolute Gasteiger partial charge is 0.508 e. The van der Waals surface area contributed by atoms with Crippen molar-refractivity contribution < 1.29 is 28.9 Å². The van der Waals surface area contributed by atoms with Gasteiger partial charge in [-0.2, -0.15) is 0 Å². The molecule has 2 aromatic rings. The van der Waals surface area contributed by atoms with Gasteiger partial charge in [0.25, 0.3) is 0 Å². The Morgan fingerprint density at radius 1 is 0.880 bits per heavy atom. The Morgan fingerprint density at radius 3 is 1.68 bits per heavy atom. The summed E-state index contributed by atoms with van der Waals surface area (Å²) < 4.78 is 13.6. The number of carbonyl (C=O) groups is 2. The molecule has 1 N–H and O–H groups in total. The number of hydrogen-bond acceptors (Lipinski definition) is 6. The van der Waals surface area contributed by atoms with E-state index in [2.05, 4.69) is 9.47 Å². The molecule has 0 aromatic heterocycles. The molecule has 0 heterocycles. The Bertz CT molecular complexity index is 583. The van der Waals surface area contributed by atoms with Gasteiger partial charge in [-0.05, 0) is 24.3 Å². The van der Waals surface area contributed by atoms with Crippen molar-refractivity contribution in [1.29, 1.82) is 0 Å². The topological polar surface area (TPSA) is 82.1 Å². The first kappa shape index (κ1) is 22.3. The maximum Gasteiger partial charge on any atom is 0.343 e. The number of phenolic OH excluding ortho intramolecular Hbond substituents is 1. The van der Waals surface area contributed by atoms with Crippen LogP contribution in [-0.4, -0.2) is 43.8 Å². The molecule has 0 amide bonds. The van der Waals surface area contributed by atoms with E-state index >= 15 is 0 Å². The van der Waals surface area contributed by atoms with Crippen LogP contribution in [0.3, 0.4) is 0 Å². The van der Waals surface area contributed by atoms with Gasteiger partial charge in [-0.3, -0.25) is 4.79 Å². The second-order valence-electron chi connectivity index (χ2n) is 4.22. The van der Waals surface area contributed by atoms with Crippen LogP contribution in [0.15, 0.2) is 60.7 Å². The SMILES string of the molecule is COC(=O)CCl.COC(=O)COc1ccccc1.Oc1ccccc1. The molecule has 0 bridgehead atoms. The molecule has 0 spiro atoms. The summed E-state index contributed by atoms with van der Waals surface area (Å²) in [6.07, 6.45) is 0. The minimum atomic E-state index is -0.392. The van der Waals surface area contributed by atoms with Crippen molar-refractivity contribution in [2.45, 2.75) is 0 Å². The molecule has 2 aromatic carbocycles. The van der Waals surface area contributed by atoms with Crippen LogP contribution >= 0.6 is 11.6 Å². The number of carbonyl (C=O) groups excluding carboxylic acids is 2. The van der Waals surface area contributed by atoms with E-state index in [0.717, 1.165) is 0 Å². The fourth-order valence-corrected chi connectivity index (χ4v) is 1.31. The number of alkyl halides is 1. The minimum Gasteiger partial charge on any atom is -0.508 e. The Morgan fingerprint density at radius 2 is 1.36 bits per heavy atom. The number of para-hydroxylation sites is 2. The normalized spacial score (nSPS) is 8.60. The summed E-state index contributed by atoms with van der Waals surface area (Å²) in [6, 6.07) is 17.8. The van der Waals surface area contributed by atoms with Gasteiger partial charge in [0.05, 0.1) is 14.2 Å². The van der Waals surface area contributed by atoms with Gasteiger partial charge >= 0.3 is 11.9 Å². The summed E-state index contributed by atoms with van der Waals surface area (Å²) in [5.74, 6) is 0.164. The molecule has 136 valence electrons. The van der Waals surface area contributed by atoms with Crippen molar-refractivity contribution in [2.75, 3.05) is 26.7 Å². The van der Waals surface area contributed by atoms with Crippen LogP contribution in [0, 0.1) is 0 Å². The number of phenols is 1. The molecule has 0 atom stereocenters. The predicted octanol–water partition coefficient (Wildman–Crippen LogP) is 3.03. The van der Waals surface area contributed by atoms with E-state index in [0.29, 0.717) is 11.5 Å². The number of esters is 2. The van der Waals surface area contributed by atoms with E-state index in [-0.39, 0.29) is 18.5 Å². The number of hydrogen-bond donors (Lipinski definition) is 1. The predicted molar refractivity (Wildman–Crippen MR) is 94.8 cm³/mol. The first-order valence-corrected chi connectivity index (χ1v) is 7.68. The van der Waals surface area contributed by atoms with Gasteiger partial charge in [-0.15, -0.1) is 11.6 Å². The highest BCUT2D eigenvalue weighted by atomic mass is 35.5. The molecular formula is C18H21ClO6. The van der Waals surface area contributed by atoms with Gasteiger partial charge in [0.2, 0.25) is 0 Å². The molecule has 0 saturated heterocycles. The zero-order chi connectivity index (χ0) is 18.9. The molecule has 0 aliphatic heterocycles. The van der Waals surface area contributed by atoms with Crippen molar-refractivity contribution >= 4 is 23.5 Å². The molecule has 25 heavy (non-hydrogen) atoms. The summed E-state index contributed by atoms with van der Waals surface area (Å²) in [6.45, 7) is -0.0412. The third kappa shape index (κ3) is 13.4. The average molecular weight is 369 g/mol. The van der Waals surface area contributed by atoms with E-state index in [1.165, 1.54) is 14.2 Å². The number of halogens is 1. The van der Waals surface area contributed by atoms with Crippen molar-refractivity contribution in [3.8, 4) is 11.5 Å². The highest BCUT2D eigenvalue weighted by Gasteiger charge is 1.99. The lowest BCUT2D eigenvalue weighted by Crippen LogP contribution is -2.12. The lowest BCUT2D eigenvalue weighted by Gasteiger charge is -2.02.